The van der Waals surface area contributed by atoms with Gasteiger partial charge in [0.05, 0.1) is 5.56 Å². The molecule has 1 N–H and O–H groups in total. The molecule has 0 aromatic carbocycles. The second-order valence-electron chi connectivity index (χ2n) is 5.81. The van der Waals surface area contributed by atoms with Crippen LogP contribution >= 0.6 is 11.3 Å². The summed E-state index contributed by atoms with van der Waals surface area (Å²) in [6.45, 7) is 1.98. The summed E-state index contributed by atoms with van der Waals surface area (Å²) in [6, 6.07) is 4.26. The van der Waals surface area contributed by atoms with E-state index in [4.69, 9.17) is 0 Å². The molecule has 1 unspecified atom stereocenters. The van der Waals surface area contributed by atoms with E-state index >= 15 is 0 Å². The van der Waals surface area contributed by atoms with E-state index in [0.717, 1.165) is 25.3 Å². The first kappa shape index (κ1) is 15.8. The van der Waals surface area contributed by atoms with E-state index in [9.17, 15) is 4.79 Å². The third-order valence-corrected chi connectivity index (χ3v) is 4.65. The van der Waals surface area contributed by atoms with Crippen LogP contribution in [0.15, 0.2) is 23.8 Å². The number of carbonyl (C=O) groups is 1. The average Bonchev–Trinajstić information content (AvgIpc) is 3.08. The Morgan fingerprint density at radius 1 is 1.43 bits per heavy atom. The van der Waals surface area contributed by atoms with Gasteiger partial charge in [-0.25, -0.2) is 4.98 Å². The van der Waals surface area contributed by atoms with Crippen LogP contribution in [0.3, 0.4) is 0 Å². The highest BCUT2D eigenvalue weighted by atomic mass is 32.1. The SMILES string of the molecule is CN(C)C1CCCN(c2ccc(C(=O)Nc3nncs3)cn2)C1. The van der Waals surface area contributed by atoms with Crippen LogP contribution in [0.25, 0.3) is 0 Å². The molecule has 1 atom stereocenters. The molecule has 1 saturated heterocycles. The number of nitrogens with one attached hydrogen (secondary N) is 1. The standard InChI is InChI=1S/C15H20N6OS/c1-20(2)12-4-3-7-21(9-12)13-6-5-11(8-16-13)14(22)18-15-19-17-10-23-15/h5-6,8,10,12H,3-4,7,9H2,1-2H3,(H,18,19,22). The molecule has 2 aromatic rings. The van der Waals surface area contributed by atoms with Crippen molar-refractivity contribution in [2.75, 3.05) is 37.4 Å². The van der Waals surface area contributed by atoms with Gasteiger partial charge in [0.1, 0.15) is 11.3 Å². The van der Waals surface area contributed by atoms with E-state index in [1.807, 2.05) is 6.07 Å². The zero-order chi connectivity index (χ0) is 16.2. The Kier molecular flexibility index (Phi) is 4.82. The molecule has 7 nitrogen and oxygen atoms in total. The first-order chi connectivity index (χ1) is 11.1. The Bertz CT molecular complexity index is 642. The minimum Gasteiger partial charge on any atom is -0.355 e. The second kappa shape index (κ2) is 7.01. The molecule has 0 aliphatic carbocycles. The molecule has 3 heterocycles. The molecule has 1 aliphatic heterocycles. The molecule has 0 saturated carbocycles. The van der Waals surface area contributed by atoms with Crippen molar-refractivity contribution in [2.24, 2.45) is 0 Å². The van der Waals surface area contributed by atoms with Crippen LogP contribution in [0.5, 0.6) is 0 Å². The molecule has 1 aliphatic rings. The minimum absolute atomic E-state index is 0.217. The quantitative estimate of drug-likeness (QED) is 0.919. The van der Waals surface area contributed by atoms with E-state index in [1.165, 1.54) is 17.8 Å². The maximum atomic E-state index is 12.1. The van der Waals surface area contributed by atoms with Crippen LogP contribution in [-0.2, 0) is 0 Å². The first-order valence-electron chi connectivity index (χ1n) is 7.58. The van der Waals surface area contributed by atoms with Crippen LogP contribution < -0.4 is 10.2 Å². The number of likely N-dealkylation sites (N-methyl/N-ethyl adjacent to an activating group) is 1. The van der Waals surface area contributed by atoms with Crippen molar-refractivity contribution < 1.29 is 4.79 Å². The number of hydrogen-bond donors (Lipinski definition) is 1. The summed E-state index contributed by atoms with van der Waals surface area (Å²) in [5.41, 5.74) is 2.10. The molecule has 2 aromatic heterocycles. The summed E-state index contributed by atoms with van der Waals surface area (Å²) >= 11 is 1.29. The highest BCUT2D eigenvalue weighted by Crippen LogP contribution is 2.20. The van der Waals surface area contributed by atoms with Gasteiger partial charge in [-0.3, -0.25) is 10.1 Å². The summed E-state index contributed by atoms with van der Waals surface area (Å²) in [5.74, 6) is 0.703. The Balaban J connectivity index is 1.65. The number of amides is 1. The van der Waals surface area contributed by atoms with Gasteiger partial charge >= 0.3 is 0 Å². The van der Waals surface area contributed by atoms with Crippen LogP contribution in [0.2, 0.25) is 0 Å². The highest BCUT2D eigenvalue weighted by molar-refractivity contribution is 7.13. The summed E-state index contributed by atoms with van der Waals surface area (Å²) in [5, 5.41) is 10.7. The molecule has 122 valence electrons. The smallest absolute Gasteiger partial charge is 0.259 e. The lowest BCUT2D eigenvalue weighted by molar-refractivity contribution is 0.102. The van der Waals surface area contributed by atoms with Crippen LogP contribution in [0, 0.1) is 0 Å². The third-order valence-electron chi connectivity index (χ3n) is 4.04. The molecule has 23 heavy (non-hydrogen) atoms. The van der Waals surface area contributed by atoms with Crippen LogP contribution in [-0.4, -0.2) is 59.2 Å². The highest BCUT2D eigenvalue weighted by Gasteiger charge is 2.22. The van der Waals surface area contributed by atoms with Gasteiger partial charge in [-0.15, -0.1) is 10.2 Å². The lowest BCUT2D eigenvalue weighted by atomic mass is 10.0. The van der Waals surface area contributed by atoms with Crippen molar-refractivity contribution in [3.05, 3.63) is 29.4 Å². The largest absolute Gasteiger partial charge is 0.355 e. The number of rotatable bonds is 4. The fraction of sp³-hybridized carbons (Fsp3) is 0.467. The molecular weight excluding hydrogens is 312 g/mol. The Morgan fingerprint density at radius 2 is 2.30 bits per heavy atom. The lowest BCUT2D eigenvalue weighted by Gasteiger charge is -2.36. The fourth-order valence-corrected chi connectivity index (χ4v) is 3.13. The van der Waals surface area contributed by atoms with Crippen LogP contribution in [0.4, 0.5) is 10.9 Å². The van der Waals surface area contributed by atoms with Crippen molar-refractivity contribution in [1.82, 2.24) is 20.1 Å². The van der Waals surface area contributed by atoms with Crippen LogP contribution in [0.1, 0.15) is 23.2 Å². The number of pyridine rings is 1. The number of nitrogens with zero attached hydrogens (tertiary/aromatic N) is 5. The Morgan fingerprint density at radius 3 is 2.96 bits per heavy atom. The molecule has 3 rings (SSSR count). The first-order valence-corrected chi connectivity index (χ1v) is 8.46. The summed E-state index contributed by atoms with van der Waals surface area (Å²) in [6.07, 6.45) is 3.99. The summed E-state index contributed by atoms with van der Waals surface area (Å²) in [7, 11) is 4.23. The monoisotopic (exact) mass is 332 g/mol. The fourth-order valence-electron chi connectivity index (χ4n) is 2.69. The maximum absolute atomic E-state index is 12.1. The predicted molar refractivity (Wildman–Crippen MR) is 91.0 cm³/mol. The zero-order valence-electron chi connectivity index (χ0n) is 13.3. The number of piperidine rings is 1. The Labute approximate surface area is 139 Å². The van der Waals surface area contributed by atoms with Gasteiger partial charge < -0.3 is 9.80 Å². The van der Waals surface area contributed by atoms with Gasteiger partial charge in [-0.05, 0) is 39.1 Å². The lowest BCUT2D eigenvalue weighted by Crippen LogP contribution is -2.45. The number of aromatic nitrogens is 3. The molecule has 1 fully saturated rings. The van der Waals surface area contributed by atoms with E-state index in [2.05, 4.69) is 44.4 Å². The van der Waals surface area contributed by atoms with E-state index in [-0.39, 0.29) is 5.91 Å². The molecule has 0 radical (unpaired) electrons. The van der Waals surface area contributed by atoms with Gasteiger partial charge in [0.15, 0.2) is 0 Å². The van der Waals surface area contributed by atoms with Gasteiger partial charge in [0, 0.05) is 25.3 Å². The molecule has 8 heteroatoms. The van der Waals surface area contributed by atoms with E-state index in [1.54, 1.807) is 17.8 Å². The topological polar surface area (TPSA) is 74.2 Å². The van der Waals surface area contributed by atoms with Gasteiger partial charge in [-0.2, -0.15) is 0 Å². The normalized spacial score (nSPS) is 18.2. The number of carbonyl (C=O) groups excluding carboxylic acids is 1. The van der Waals surface area contributed by atoms with Gasteiger partial charge in [0.25, 0.3) is 5.91 Å². The van der Waals surface area contributed by atoms with Crippen molar-refractivity contribution in [3.8, 4) is 0 Å². The minimum atomic E-state index is -0.217. The number of anilines is 2. The molecular formula is C15H20N6OS. The average molecular weight is 332 g/mol. The van der Waals surface area contributed by atoms with Crippen molar-refractivity contribution >= 4 is 28.2 Å². The Hall–Kier alpha value is -2.06. The third kappa shape index (κ3) is 3.83. The van der Waals surface area contributed by atoms with Gasteiger partial charge in [-0.1, -0.05) is 11.3 Å². The summed E-state index contributed by atoms with van der Waals surface area (Å²) in [4.78, 5) is 21.1. The zero-order valence-corrected chi connectivity index (χ0v) is 14.1. The van der Waals surface area contributed by atoms with Crippen molar-refractivity contribution in [3.63, 3.8) is 0 Å². The molecule has 0 spiro atoms. The second-order valence-corrected chi connectivity index (χ2v) is 6.64. The van der Waals surface area contributed by atoms with E-state index < -0.39 is 0 Å². The predicted octanol–water partition coefficient (Wildman–Crippen LogP) is 1.72. The van der Waals surface area contributed by atoms with E-state index in [0.29, 0.717) is 16.7 Å². The van der Waals surface area contributed by atoms with Gasteiger partial charge in [0.2, 0.25) is 5.13 Å². The van der Waals surface area contributed by atoms with Crippen molar-refractivity contribution in [2.45, 2.75) is 18.9 Å². The number of hydrogen-bond acceptors (Lipinski definition) is 7. The summed E-state index contributed by atoms with van der Waals surface area (Å²) < 4.78 is 0. The molecule has 0 bridgehead atoms. The molecule has 1 amide bonds. The maximum Gasteiger partial charge on any atom is 0.259 e. The van der Waals surface area contributed by atoms with Crippen molar-refractivity contribution in [1.29, 1.82) is 0 Å².